The summed E-state index contributed by atoms with van der Waals surface area (Å²) < 4.78 is 1.62. The average Bonchev–Trinajstić information content (AvgIpc) is 2.63. The van der Waals surface area contributed by atoms with E-state index in [2.05, 4.69) is 5.48 Å². The zero-order valence-electron chi connectivity index (χ0n) is 12.9. The number of nitrogens with zero attached hydrogens (tertiary/aromatic N) is 1. The van der Waals surface area contributed by atoms with E-state index < -0.39 is 0 Å². The molecule has 1 heterocycles. The fourth-order valence-corrected chi connectivity index (χ4v) is 2.20. The van der Waals surface area contributed by atoms with Gasteiger partial charge in [-0.1, -0.05) is 36.4 Å². The van der Waals surface area contributed by atoms with Crippen molar-refractivity contribution in [2.24, 2.45) is 0 Å². The van der Waals surface area contributed by atoms with Crippen LogP contribution in [0.5, 0.6) is 5.75 Å². The van der Waals surface area contributed by atoms with Gasteiger partial charge in [-0.05, 0) is 35.9 Å². The second-order valence-corrected chi connectivity index (χ2v) is 5.21. The number of hydrogen-bond donors (Lipinski definition) is 1. The highest BCUT2D eigenvalue weighted by Gasteiger charge is 2.05. The summed E-state index contributed by atoms with van der Waals surface area (Å²) in [4.78, 5) is 28.9. The third kappa shape index (κ3) is 3.89. The van der Waals surface area contributed by atoms with E-state index in [1.165, 1.54) is 6.07 Å². The Kier molecular flexibility index (Phi) is 4.72. The van der Waals surface area contributed by atoms with E-state index in [4.69, 9.17) is 4.84 Å². The summed E-state index contributed by atoms with van der Waals surface area (Å²) in [6.45, 7) is 0.482. The monoisotopic (exact) mass is 320 g/mol. The van der Waals surface area contributed by atoms with Crippen LogP contribution in [0.3, 0.4) is 0 Å². The molecule has 0 fully saturated rings. The molecule has 0 atom stereocenters. The lowest BCUT2D eigenvalue weighted by Gasteiger charge is -2.09. The Labute approximate surface area is 139 Å². The first-order chi connectivity index (χ1) is 11.7. The second-order valence-electron chi connectivity index (χ2n) is 5.21. The Bertz CT molecular complexity index is 871. The molecule has 1 amide bonds. The van der Waals surface area contributed by atoms with Crippen LogP contribution in [0.15, 0.2) is 83.8 Å². The molecule has 0 aliphatic rings. The van der Waals surface area contributed by atoms with Gasteiger partial charge in [-0.2, -0.15) is 5.48 Å². The maximum atomic E-state index is 11.9. The molecule has 0 spiro atoms. The van der Waals surface area contributed by atoms with Gasteiger partial charge < -0.3 is 9.40 Å². The molecule has 2 aromatic carbocycles. The molecule has 5 heteroatoms. The van der Waals surface area contributed by atoms with Crippen LogP contribution in [0.25, 0.3) is 0 Å². The zero-order valence-corrected chi connectivity index (χ0v) is 12.9. The lowest BCUT2D eigenvalue weighted by molar-refractivity contribution is 0.0760. The third-order valence-corrected chi connectivity index (χ3v) is 3.47. The molecule has 3 aromatic rings. The Morgan fingerprint density at radius 3 is 2.33 bits per heavy atom. The number of rotatable bonds is 5. The summed E-state index contributed by atoms with van der Waals surface area (Å²) in [6.07, 6.45) is 1.74. The minimum absolute atomic E-state index is 0.0482. The third-order valence-electron chi connectivity index (χ3n) is 3.47. The smallest absolute Gasteiger partial charge is 0.283 e. The summed E-state index contributed by atoms with van der Waals surface area (Å²) in [5.41, 5.74) is 3.84. The number of carbonyl (C=O) groups is 1. The molecule has 120 valence electrons. The minimum atomic E-state index is -0.310. The van der Waals surface area contributed by atoms with E-state index in [1.807, 2.05) is 24.3 Å². The van der Waals surface area contributed by atoms with Gasteiger partial charge in [-0.15, -0.1) is 0 Å². The Hall–Kier alpha value is -3.34. The molecule has 1 aromatic heterocycles. The first kappa shape index (κ1) is 15.6. The van der Waals surface area contributed by atoms with Gasteiger partial charge in [0.1, 0.15) is 0 Å². The van der Waals surface area contributed by atoms with Crippen LogP contribution in [-0.2, 0) is 6.54 Å². The van der Waals surface area contributed by atoms with E-state index >= 15 is 0 Å². The summed E-state index contributed by atoms with van der Waals surface area (Å²) in [7, 11) is 0. The lowest BCUT2D eigenvalue weighted by Crippen LogP contribution is -2.26. The van der Waals surface area contributed by atoms with Crippen molar-refractivity contribution < 1.29 is 9.63 Å². The van der Waals surface area contributed by atoms with Crippen molar-refractivity contribution in [1.29, 1.82) is 0 Å². The quantitative estimate of drug-likeness (QED) is 0.735. The molecule has 0 aliphatic carbocycles. The average molecular weight is 320 g/mol. The molecule has 0 aliphatic heterocycles. The van der Waals surface area contributed by atoms with E-state index in [9.17, 15) is 9.59 Å². The largest absolute Gasteiger partial charge is 0.379 e. The standard InChI is InChI=1S/C19H16N2O3/c22-18-8-4-5-13-21(18)14-15-9-11-17(12-10-15)24-20-19(23)16-6-2-1-3-7-16/h1-13H,14H2,(H,20,23). The molecule has 0 saturated carbocycles. The summed E-state index contributed by atoms with van der Waals surface area (Å²) >= 11 is 0. The molecule has 0 radical (unpaired) electrons. The number of aromatic nitrogens is 1. The van der Waals surface area contributed by atoms with E-state index in [0.717, 1.165) is 5.56 Å². The van der Waals surface area contributed by atoms with Gasteiger partial charge in [-0.3, -0.25) is 9.59 Å². The van der Waals surface area contributed by atoms with Gasteiger partial charge in [0.2, 0.25) is 0 Å². The zero-order chi connectivity index (χ0) is 16.8. The molecule has 5 nitrogen and oxygen atoms in total. The Morgan fingerprint density at radius 1 is 0.917 bits per heavy atom. The van der Waals surface area contributed by atoms with Crippen LogP contribution in [0, 0.1) is 0 Å². The number of amides is 1. The van der Waals surface area contributed by atoms with Gasteiger partial charge in [0.25, 0.3) is 11.5 Å². The van der Waals surface area contributed by atoms with Crippen molar-refractivity contribution in [2.75, 3.05) is 0 Å². The number of carbonyl (C=O) groups excluding carboxylic acids is 1. The van der Waals surface area contributed by atoms with Crippen LogP contribution in [-0.4, -0.2) is 10.5 Å². The Morgan fingerprint density at radius 2 is 1.62 bits per heavy atom. The number of hydroxylamine groups is 1. The van der Waals surface area contributed by atoms with Crippen LogP contribution >= 0.6 is 0 Å². The van der Waals surface area contributed by atoms with Crippen LogP contribution < -0.4 is 15.9 Å². The topological polar surface area (TPSA) is 60.3 Å². The summed E-state index contributed by atoms with van der Waals surface area (Å²) in [5.74, 6) is 0.207. The fraction of sp³-hybridized carbons (Fsp3) is 0.0526. The Balaban J connectivity index is 1.60. The molecule has 1 N–H and O–H groups in total. The molecular weight excluding hydrogens is 304 g/mol. The number of hydrogen-bond acceptors (Lipinski definition) is 3. The van der Waals surface area contributed by atoms with Crippen LogP contribution in [0.2, 0.25) is 0 Å². The van der Waals surface area contributed by atoms with Crippen molar-refractivity contribution in [2.45, 2.75) is 6.54 Å². The van der Waals surface area contributed by atoms with Gasteiger partial charge >= 0.3 is 0 Å². The van der Waals surface area contributed by atoms with Gasteiger partial charge in [0.15, 0.2) is 5.75 Å². The van der Waals surface area contributed by atoms with E-state index in [-0.39, 0.29) is 11.5 Å². The summed E-state index contributed by atoms with van der Waals surface area (Å²) in [6, 6.07) is 21.1. The maximum absolute atomic E-state index is 11.9. The number of benzene rings is 2. The molecule has 0 unspecified atom stereocenters. The van der Waals surface area contributed by atoms with Crippen molar-refractivity contribution >= 4 is 5.91 Å². The highest BCUT2D eigenvalue weighted by Crippen LogP contribution is 2.12. The first-order valence-corrected chi connectivity index (χ1v) is 7.49. The van der Waals surface area contributed by atoms with E-state index in [1.54, 1.807) is 53.2 Å². The highest BCUT2D eigenvalue weighted by atomic mass is 16.7. The molecule has 0 bridgehead atoms. The minimum Gasteiger partial charge on any atom is -0.379 e. The normalized spacial score (nSPS) is 10.2. The number of nitrogens with one attached hydrogen (secondary N) is 1. The second kappa shape index (κ2) is 7.28. The van der Waals surface area contributed by atoms with Crippen LogP contribution in [0.1, 0.15) is 15.9 Å². The van der Waals surface area contributed by atoms with Gasteiger partial charge in [-0.25, -0.2) is 0 Å². The highest BCUT2D eigenvalue weighted by molar-refractivity contribution is 5.93. The van der Waals surface area contributed by atoms with Crippen molar-refractivity contribution in [3.05, 3.63) is 100 Å². The molecule has 3 rings (SSSR count). The maximum Gasteiger partial charge on any atom is 0.283 e. The fourth-order valence-electron chi connectivity index (χ4n) is 2.20. The predicted octanol–water partition coefficient (Wildman–Crippen LogP) is 2.62. The molecular formula is C19H16N2O3. The SMILES string of the molecule is O=C(NOc1ccc(Cn2ccccc2=O)cc1)c1ccccc1. The summed E-state index contributed by atoms with van der Waals surface area (Å²) in [5, 5.41) is 0. The predicted molar refractivity (Wildman–Crippen MR) is 90.8 cm³/mol. The number of pyridine rings is 1. The lowest BCUT2D eigenvalue weighted by atomic mass is 10.2. The molecule has 0 saturated heterocycles. The van der Waals surface area contributed by atoms with Crippen LogP contribution in [0.4, 0.5) is 0 Å². The van der Waals surface area contributed by atoms with Crippen molar-refractivity contribution in [3.8, 4) is 5.75 Å². The first-order valence-electron chi connectivity index (χ1n) is 7.49. The van der Waals surface area contributed by atoms with Crippen molar-refractivity contribution in [3.63, 3.8) is 0 Å². The van der Waals surface area contributed by atoms with E-state index in [0.29, 0.717) is 17.9 Å². The van der Waals surface area contributed by atoms with Crippen molar-refractivity contribution in [1.82, 2.24) is 10.0 Å². The van der Waals surface area contributed by atoms with Gasteiger partial charge in [0, 0.05) is 17.8 Å². The van der Waals surface area contributed by atoms with Gasteiger partial charge in [0.05, 0.1) is 6.54 Å². The molecule has 24 heavy (non-hydrogen) atoms.